The van der Waals surface area contributed by atoms with E-state index in [0.717, 1.165) is 17.9 Å². The Bertz CT molecular complexity index is 2150. The normalized spacial score (nSPS) is 10.4. The summed E-state index contributed by atoms with van der Waals surface area (Å²) in [5.41, 5.74) is 0. The average Bonchev–Trinajstić information content (AvgIpc) is 3.41. The molecule has 0 saturated carbocycles. The number of nitriles is 1. The maximum absolute atomic E-state index is 9.75. The van der Waals surface area contributed by atoms with Crippen molar-refractivity contribution in [2.24, 2.45) is 0 Å². The Kier molecular flexibility index (Phi) is 38.2. The van der Waals surface area contributed by atoms with Gasteiger partial charge in [0.15, 0.2) is 0 Å². The third-order valence-electron chi connectivity index (χ3n) is 10.5. The van der Waals surface area contributed by atoms with Gasteiger partial charge in [-0.25, -0.2) is 0 Å². The molecule has 0 aliphatic rings. The molecule has 0 atom stereocenters. The van der Waals surface area contributed by atoms with Gasteiger partial charge in [0.05, 0.1) is 80.2 Å². The number of benzene rings is 8. The predicted molar refractivity (Wildman–Crippen MR) is 322 cm³/mol. The van der Waals surface area contributed by atoms with Crippen molar-refractivity contribution in [3.8, 4) is 6.07 Å². The molecule has 0 amide bonds. The Morgan fingerprint density at radius 3 is 0.500 bits per heavy atom. The molecule has 0 aliphatic heterocycles. The van der Waals surface area contributed by atoms with Crippen LogP contribution in [0.2, 0.25) is 0 Å². The summed E-state index contributed by atoms with van der Waals surface area (Å²) in [6.07, 6.45) is 6.06. The maximum atomic E-state index is 9.75. The van der Waals surface area contributed by atoms with Gasteiger partial charge in [0, 0.05) is 6.92 Å². The molecule has 0 heterocycles. The van der Waals surface area contributed by atoms with E-state index in [-0.39, 0.29) is 33.0 Å². The first kappa shape index (κ1) is 70.2. The van der Waals surface area contributed by atoms with Crippen LogP contribution in [0.1, 0.15) is 13.3 Å². The van der Waals surface area contributed by atoms with E-state index in [1.165, 1.54) is 74.0 Å². The zero-order chi connectivity index (χ0) is 53.9. The fourth-order valence-electron chi connectivity index (χ4n) is 7.49. The van der Waals surface area contributed by atoms with Gasteiger partial charge in [0.2, 0.25) is 0 Å². The van der Waals surface area contributed by atoms with E-state index in [0.29, 0.717) is 0 Å². The van der Waals surface area contributed by atoms with Gasteiger partial charge in [-0.3, -0.25) is 0 Å². The molecule has 404 valence electrons. The first-order valence-corrected chi connectivity index (χ1v) is 31.7. The molecule has 8 rings (SSSR count). The molecule has 8 aromatic carbocycles. The van der Waals surface area contributed by atoms with Crippen LogP contribution >= 0.6 is 31.7 Å². The van der Waals surface area contributed by atoms with Crippen molar-refractivity contribution >= 4 is 114 Å². The van der Waals surface area contributed by atoms with Crippen LogP contribution in [0.4, 0.5) is 34.5 Å². The second kappa shape index (κ2) is 41.3. The van der Waals surface area contributed by atoms with Crippen LogP contribution in [0.3, 0.4) is 0 Å². The summed E-state index contributed by atoms with van der Waals surface area (Å²) < 4.78 is 78.0. The van der Waals surface area contributed by atoms with Crippen LogP contribution in [-0.2, 0) is 58.2 Å². The molecule has 8 aromatic rings. The molecule has 0 saturated heterocycles. The minimum absolute atomic E-state index is 0. The van der Waals surface area contributed by atoms with Crippen LogP contribution in [0.25, 0.3) is 0 Å². The van der Waals surface area contributed by atoms with Crippen LogP contribution in [0.15, 0.2) is 243 Å². The molecule has 0 aromatic heterocycles. The Morgan fingerprint density at radius 1 is 0.316 bits per heavy atom. The zero-order valence-corrected chi connectivity index (χ0v) is 49.2. The molecular formula is C57H61B2F8NNi2P4S2+4. The topological polar surface area (TPSA) is 23.8 Å². The van der Waals surface area contributed by atoms with Crippen LogP contribution < -0.4 is 42.4 Å². The quantitative estimate of drug-likeness (QED) is 0.0417. The fraction of sp³-hybridized carbons (Fsp3) is 0.140. The second-order valence-electron chi connectivity index (χ2n) is 15.8. The summed E-state index contributed by atoms with van der Waals surface area (Å²) in [6, 6.07) is 90.8. The monoisotopic (exact) mass is 1240 g/mol. The van der Waals surface area contributed by atoms with E-state index >= 15 is 0 Å². The summed E-state index contributed by atoms with van der Waals surface area (Å²) in [5.74, 6) is 1.65. The largest absolute Gasteiger partial charge is 2.00 e. The Labute approximate surface area is 481 Å². The maximum Gasteiger partial charge on any atom is 2.00 e. The molecule has 0 fully saturated rings. The molecule has 0 radical (unpaired) electrons. The van der Waals surface area contributed by atoms with Crippen LogP contribution in [0.5, 0.6) is 0 Å². The summed E-state index contributed by atoms with van der Waals surface area (Å²) in [4.78, 5) is 0. The summed E-state index contributed by atoms with van der Waals surface area (Å²) in [7, 11) is -15.1. The van der Waals surface area contributed by atoms with E-state index in [9.17, 15) is 34.5 Å². The van der Waals surface area contributed by atoms with Gasteiger partial charge in [0.1, 0.15) is 24.6 Å². The summed E-state index contributed by atoms with van der Waals surface area (Å²) in [6.45, 7) is 1.43. The van der Waals surface area contributed by atoms with Gasteiger partial charge < -0.3 is 59.8 Å². The van der Waals surface area contributed by atoms with E-state index in [1.807, 2.05) is 0 Å². The number of halogens is 8. The first-order chi connectivity index (χ1) is 35.7. The minimum Gasteiger partial charge on any atom is -0.793 e. The molecule has 0 N–H and O–H groups in total. The third-order valence-corrected chi connectivity index (χ3v) is 23.3. The third kappa shape index (κ3) is 31.0. The van der Waals surface area contributed by atoms with Gasteiger partial charge in [-0.05, 0) is 97.1 Å². The van der Waals surface area contributed by atoms with Crippen molar-refractivity contribution in [2.45, 2.75) is 13.3 Å². The molecule has 0 unspecified atom stereocenters. The van der Waals surface area contributed by atoms with Crippen LogP contribution in [-0.4, -0.2) is 50.7 Å². The SMILES string of the molecule is CC#N.F[B-](F)(F)F.F[B-](F)(F)F.[Ni+2].[Ni+2].[S-]CCC[S-].c1ccc([PH+](CC[PH+](c2ccccc2)c2ccccc2)c2ccccc2)cc1.c1ccc([PH+](CC[PH+](c2ccccc2)c2ccccc2)c2ccccc2)cc1. The average molecular weight is 1240 g/mol. The number of hydrogen-bond acceptors (Lipinski definition) is 3. The van der Waals surface area contributed by atoms with Gasteiger partial charge in [-0.2, -0.15) is 16.8 Å². The molecular weight excluding hydrogens is 1180 g/mol. The van der Waals surface area contributed by atoms with Gasteiger partial charge >= 0.3 is 47.5 Å². The second-order valence-corrected chi connectivity index (χ2v) is 27.1. The van der Waals surface area contributed by atoms with Gasteiger partial charge in [0.25, 0.3) is 0 Å². The molecule has 76 heavy (non-hydrogen) atoms. The number of hydrogen-bond donors (Lipinski definition) is 0. The molecule has 0 aliphatic carbocycles. The number of rotatable bonds is 16. The van der Waals surface area contributed by atoms with Gasteiger partial charge in [-0.15, -0.1) is 0 Å². The fourth-order valence-corrected chi connectivity index (χ4v) is 20.4. The Balaban J connectivity index is 0.000000565. The van der Waals surface area contributed by atoms with E-state index in [2.05, 4.69) is 268 Å². The molecule has 19 heteroatoms. The predicted octanol–water partition coefficient (Wildman–Crippen LogP) is 13.0. The van der Waals surface area contributed by atoms with Gasteiger partial charge in [-0.1, -0.05) is 152 Å². The summed E-state index contributed by atoms with van der Waals surface area (Å²) >= 11 is 9.17. The standard InChI is InChI=1S/2C26H24P2.C3H8S2.C2H3N.2BF4.2Ni/c2*1-5-13-23(14-6-1)27(24-15-7-2-8-16-24)21-22-28(25-17-9-3-10-18-25)26-19-11-4-12-20-26;4-2-1-3-5;1-2-3;2*2-1(3,4)5;;/h2*1-20H,21-22H2;4-5H,1-3H2;1H3;;;;/q;;;;2*-1;2*+2/p+2. The summed E-state index contributed by atoms with van der Waals surface area (Å²) in [5, 5.41) is 19.4. The smallest absolute Gasteiger partial charge is 0.793 e. The molecule has 0 bridgehead atoms. The van der Waals surface area contributed by atoms with Crippen molar-refractivity contribution in [1.29, 1.82) is 5.26 Å². The van der Waals surface area contributed by atoms with Crippen molar-refractivity contribution in [2.75, 3.05) is 36.2 Å². The Hall–Kier alpha value is -3.77. The van der Waals surface area contributed by atoms with E-state index < -0.39 is 46.2 Å². The first-order valence-electron chi connectivity index (χ1n) is 23.7. The van der Waals surface area contributed by atoms with Crippen molar-refractivity contribution in [1.82, 2.24) is 0 Å². The molecule has 0 spiro atoms. The van der Waals surface area contributed by atoms with Crippen molar-refractivity contribution in [3.05, 3.63) is 243 Å². The Morgan fingerprint density at radius 2 is 0.421 bits per heavy atom. The van der Waals surface area contributed by atoms with Crippen molar-refractivity contribution in [3.63, 3.8) is 0 Å². The zero-order valence-electron chi connectivity index (χ0n) is 41.6. The minimum atomic E-state index is -6.00. The number of nitrogens with zero attached hydrogens (tertiary/aromatic N) is 1. The van der Waals surface area contributed by atoms with Crippen molar-refractivity contribution < 1.29 is 67.5 Å². The van der Waals surface area contributed by atoms with E-state index in [1.54, 1.807) is 6.07 Å². The molecule has 1 nitrogen and oxygen atoms in total. The van der Waals surface area contributed by atoms with E-state index in [4.69, 9.17) is 5.26 Å². The van der Waals surface area contributed by atoms with Crippen LogP contribution in [0, 0.1) is 11.3 Å².